The van der Waals surface area contributed by atoms with Crippen molar-refractivity contribution in [3.05, 3.63) is 30.0 Å². The maximum atomic E-state index is 10.4. The number of hydrogen-bond acceptors (Lipinski definition) is 4. The molecule has 5 heteroatoms. The molecule has 0 aliphatic heterocycles. The topological polar surface area (TPSA) is 71.7 Å². The molecule has 0 aliphatic carbocycles. The smallest absolute Gasteiger partial charge is 0.303 e. The number of benzene rings is 1. The Morgan fingerprint density at radius 2 is 2.32 bits per heavy atom. The summed E-state index contributed by atoms with van der Waals surface area (Å²) in [5, 5.41) is 12.7. The van der Waals surface area contributed by atoms with Gasteiger partial charge in [0, 0.05) is 11.8 Å². The first kappa shape index (κ1) is 13.4. The number of furan rings is 1. The van der Waals surface area contributed by atoms with Crippen LogP contribution < -0.4 is 10.1 Å². The quantitative estimate of drug-likeness (QED) is 0.750. The molecule has 5 nitrogen and oxygen atoms in total. The van der Waals surface area contributed by atoms with Crippen LogP contribution in [0.25, 0.3) is 11.0 Å². The van der Waals surface area contributed by atoms with Crippen molar-refractivity contribution >= 4 is 16.9 Å². The summed E-state index contributed by atoms with van der Waals surface area (Å²) in [5.41, 5.74) is 0.743. The zero-order valence-corrected chi connectivity index (χ0v) is 10.8. The van der Waals surface area contributed by atoms with Crippen molar-refractivity contribution in [1.29, 1.82) is 0 Å². The van der Waals surface area contributed by atoms with Gasteiger partial charge in [-0.1, -0.05) is 12.1 Å². The molecule has 0 aliphatic rings. The zero-order valence-electron chi connectivity index (χ0n) is 10.8. The largest absolute Gasteiger partial charge is 0.493 e. The van der Waals surface area contributed by atoms with Crippen LogP contribution in [0.1, 0.15) is 18.6 Å². The van der Waals surface area contributed by atoms with Crippen molar-refractivity contribution in [3.8, 4) is 5.75 Å². The lowest BCUT2D eigenvalue weighted by Gasteiger charge is -2.01. The minimum atomic E-state index is -0.768. The van der Waals surface area contributed by atoms with Gasteiger partial charge < -0.3 is 19.6 Å². The standard InChI is InChI=1S/C14H17NO4/c1-18-12-5-2-4-10-8-11(19-14(10)12)9-15-7-3-6-13(16)17/h2,4-5,8,15H,3,6-7,9H2,1H3,(H,16,17). The van der Waals surface area contributed by atoms with E-state index in [4.69, 9.17) is 14.3 Å². The van der Waals surface area contributed by atoms with Crippen molar-refractivity contribution in [2.75, 3.05) is 13.7 Å². The average molecular weight is 263 g/mol. The Kier molecular flexibility index (Phi) is 4.41. The number of carboxylic acid groups (broad SMARTS) is 1. The van der Waals surface area contributed by atoms with E-state index in [9.17, 15) is 4.79 Å². The van der Waals surface area contributed by atoms with Gasteiger partial charge in [-0.2, -0.15) is 0 Å². The molecule has 19 heavy (non-hydrogen) atoms. The molecule has 2 aromatic rings. The van der Waals surface area contributed by atoms with Gasteiger partial charge in [-0.15, -0.1) is 0 Å². The summed E-state index contributed by atoms with van der Waals surface area (Å²) in [6, 6.07) is 7.70. The van der Waals surface area contributed by atoms with Crippen LogP contribution >= 0.6 is 0 Å². The van der Waals surface area contributed by atoms with Gasteiger partial charge in [-0.25, -0.2) is 0 Å². The van der Waals surface area contributed by atoms with Crippen LogP contribution in [0.5, 0.6) is 5.75 Å². The van der Waals surface area contributed by atoms with E-state index in [-0.39, 0.29) is 6.42 Å². The number of para-hydroxylation sites is 1. The van der Waals surface area contributed by atoms with Crippen molar-refractivity contribution in [1.82, 2.24) is 5.32 Å². The van der Waals surface area contributed by atoms with Crippen LogP contribution in [0.3, 0.4) is 0 Å². The maximum absolute atomic E-state index is 10.4. The molecule has 1 aromatic heterocycles. The summed E-state index contributed by atoms with van der Waals surface area (Å²) in [6.07, 6.45) is 0.792. The fourth-order valence-corrected chi connectivity index (χ4v) is 1.91. The van der Waals surface area contributed by atoms with Crippen LogP contribution in [0.15, 0.2) is 28.7 Å². The monoisotopic (exact) mass is 263 g/mol. The van der Waals surface area contributed by atoms with E-state index >= 15 is 0 Å². The molecule has 2 N–H and O–H groups in total. The molecule has 0 bridgehead atoms. The van der Waals surface area contributed by atoms with Gasteiger partial charge in [0.25, 0.3) is 0 Å². The number of methoxy groups -OCH3 is 1. The maximum Gasteiger partial charge on any atom is 0.303 e. The first-order valence-electron chi connectivity index (χ1n) is 6.18. The fraction of sp³-hybridized carbons (Fsp3) is 0.357. The van der Waals surface area contributed by atoms with E-state index in [2.05, 4.69) is 5.32 Å². The van der Waals surface area contributed by atoms with Crippen LogP contribution in [0.4, 0.5) is 0 Å². The minimum Gasteiger partial charge on any atom is -0.493 e. The first-order valence-corrected chi connectivity index (χ1v) is 6.18. The Bertz CT molecular complexity index is 562. The molecule has 2 rings (SSSR count). The molecule has 0 fully saturated rings. The molecule has 0 atom stereocenters. The normalized spacial score (nSPS) is 10.8. The van der Waals surface area contributed by atoms with Gasteiger partial charge in [-0.05, 0) is 25.1 Å². The lowest BCUT2D eigenvalue weighted by atomic mass is 10.2. The molecule has 0 unspecified atom stereocenters. The van der Waals surface area contributed by atoms with Crippen molar-refractivity contribution in [2.45, 2.75) is 19.4 Å². The highest BCUT2D eigenvalue weighted by Crippen LogP contribution is 2.28. The molecule has 0 spiro atoms. The van der Waals surface area contributed by atoms with E-state index in [0.29, 0.717) is 19.5 Å². The minimum absolute atomic E-state index is 0.182. The predicted octanol–water partition coefficient (Wildman–Crippen LogP) is 2.40. The summed E-state index contributed by atoms with van der Waals surface area (Å²) in [5.74, 6) is 0.764. The number of carboxylic acids is 1. The molecule has 102 valence electrons. The lowest BCUT2D eigenvalue weighted by Crippen LogP contribution is -2.15. The van der Waals surface area contributed by atoms with Crippen LogP contribution in [0, 0.1) is 0 Å². The number of ether oxygens (including phenoxy) is 1. The number of aliphatic carboxylic acids is 1. The third kappa shape index (κ3) is 3.48. The van der Waals surface area contributed by atoms with Gasteiger partial charge in [-0.3, -0.25) is 4.79 Å². The Morgan fingerprint density at radius 3 is 3.05 bits per heavy atom. The number of rotatable bonds is 7. The molecule has 0 saturated carbocycles. The number of nitrogens with one attached hydrogen (secondary N) is 1. The number of fused-ring (bicyclic) bond motifs is 1. The predicted molar refractivity (Wildman–Crippen MR) is 71.3 cm³/mol. The molecule has 1 heterocycles. The van der Waals surface area contributed by atoms with E-state index in [1.54, 1.807) is 7.11 Å². The lowest BCUT2D eigenvalue weighted by molar-refractivity contribution is -0.137. The Balaban J connectivity index is 1.92. The zero-order chi connectivity index (χ0) is 13.7. The third-order valence-corrected chi connectivity index (χ3v) is 2.82. The highest BCUT2D eigenvalue weighted by Gasteiger charge is 2.08. The van der Waals surface area contributed by atoms with Gasteiger partial charge in [0.15, 0.2) is 11.3 Å². The second-order valence-corrected chi connectivity index (χ2v) is 4.27. The third-order valence-electron chi connectivity index (χ3n) is 2.82. The van der Waals surface area contributed by atoms with E-state index < -0.39 is 5.97 Å². The molecule has 0 radical (unpaired) electrons. The van der Waals surface area contributed by atoms with E-state index in [1.165, 1.54) is 0 Å². The van der Waals surface area contributed by atoms with Gasteiger partial charge in [0.2, 0.25) is 0 Å². The molecular weight excluding hydrogens is 246 g/mol. The van der Waals surface area contributed by atoms with E-state index in [0.717, 1.165) is 22.5 Å². The molecular formula is C14H17NO4. The summed E-state index contributed by atoms with van der Waals surface area (Å²) < 4.78 is 10.9. The van der Waals surface area contributed by atoms with Crippen molar-refractivity contribution < 1.29 is 19.1 Å². The van der Waals surface area contributed by atoms with Crippen molar-refractivity contribution in [2.24, 2.45) is 0 Å². The summed E-state index contributed by atoms with van der Waals surface area (Å²) in [4.78, 5) is 10.4. The second kappa shape index (κ2) is 6.24. The second-order valence-electron chi connectivity index (χ2n) is 4.27. The van der Waals surface area contributed by atoms with Gasteiger partial charge in [0.1, 0.15) is 5.76 Å². The highest BCUT2D eigenvalue weighted by molar-refractivity contribution is 5.83. The highest BCUT2D eigenvalue weighted by atomic mass is 16.5. The Morgan fingerprint density at radius 1 is 1.47 bits per heavy atom. The molecule has 1 aromatic carbocycles. The first-order chi connectivity index (χ1) is 9.20. The van der Waals surface area contributed by atoms with Gasteiger partial charge >= 0.3 is 5.97 Å². The number of hydrogen-bond donors (Lipinski definition) is 2. The molecule has 0 amide bonds. The summed E-state index contributed by atoms with van der Waals surface area (Å²) >= 11 is 0. The van der Waals surface area contributed by atoms with E-state index in [1.807, 2.05) is 24.3 Å². The van der Waals surface area contributed by atoms with Crippen LogP contribution in [0.2, 0.25) is 0 Å². The van der Waals surface area contributed by atoms with Crippen LogP contribution in [-0.2, 0) is 11.3 Å². The van der Waals surface area contributed by atoms with Crippen LogP contribution in [-0.4, -0.2) is 24.7 Å². The van der Waals surface area contributed by atoms with Gasteiger partial charge in [0.05, 0.1) is 13.7 Å². The Labute approximate surface area is 111 Å². The summed E-state index contributed by atoms with van der Waals surface area (Å²) in [6.45, 7) is 1.23. The average Bonchev–Trinajstić information content (AvgIpc) is 2.80. The molecule has 0 saturated heterocycles. The summed E-state index contributed by atoms with van der Waals surface area (Å²) in [7, 11) is 1.61. The number of carbonyl (C=O) groups is 1. The van der Waals surface area contributed by atoms with Crippen molar-refractivity contribution in [3.63, 3.8) is 0 Å². The Hall–Kier alpha value is -2.01. The SMILES string of the molecule is COc1cccc2cc(CNCCCC(=O)O)oc12. The fourth-order valence-electron chi connectivity index (χ4n) is 1.91.